The van der Waals surface area contributed by atoms with Crippen LogP contribution in [0.15, 0.2) is 54.6 Å². The minimum atomic E-state index is -0.445. The molecule has 0 unspecified atom stereocenters. The van der Waals surface area contributed by atoms with Crippen molar-refractivity contribution in [2.24, 2.45) is 7.05 Å². The maximum Gasteiger partial charge on any atom is 0.256 e. The highest BCUT2D eigenvalue weighted by Crippen LogP contribution is 2.33. The van der Waals surface area contributed by atoms with E-state index in [0.717, 1.165) is 31.5 Å². The maximum absolute atomic E-state index is 14.9. The number of nitrogens with zero attached hydrogens (tertiary/aromatic N) is 4. The first-order valence-electron chi connectivity index (χ1n) is 10.8. The van der Waals surface area contributed by atoms with Crippen LogP contribution in [0, 0.1) is 12.7 Å². The number of aryl methyl sites for hydroxylation is 2. The number of rotatable bonds is 4. The molecule has 5 rings (SSSR count). The van der Waals surface area contributed by atoms with Gasteiger partial charge in [0, 0.05) is 25.7 Å². The van der Waals surface area contributed by atoms with Crippen LogP contribution in [0.4, 0.5) is 15.8 Å². The highest BCUT2D eigenvalue weighted by molar-refractivity contribution is 6.14. The number of fused-ring (bicyclic) bond motifs is 1. The number of aromatic nitrogens is 3. The number of nitrogens with one attached hydrogen (secondary N) is 1. The minimum absolute atomic E-state index is 0.215. The van der Waals surface area contributed by atoms with Crippen LogP contribution in [0.3, 0.4) is 0 Å². The van der Waals surface area contributed by atoms with Crippen molar-refractivity contribution >= 4 is 28.3 Å². The summed E-state index contributed by atoms with van der Waals surface area (Å²) in [4.78, 5) is 20.4. The van der Waals surface area contributed by atoms with E-state index in [0.29, 0.717) is 33.7 Å². The van der Waals surface area contributed by atoms with Crippen LogP contribution in [0.25, 0.3) is 22.3 Å². The number of pyridine rings is 1. The van der Waals surface area contributed by atoms with Gasteiger partial charge in [-0.25, -0.2) is 9.37 Å². The first-order valence-corrected chi connectivity index (χ1v) is 10.8. The smallest absolute Gasteiger partial charge is 0.256 e. The molecule has 4 aromatic rings. The molecule has 0 aliphatic carbocycles. The summed E-state index contributed by atoms with van der Waals surface area (Å²) in [5, 5.41) is 7.99. The molecule has 32 heavy (non-hydrogen) atoms. The first-order chi connectivity index (χ1) is 15.5. The van der Waals surface area contributed by atoms with Gasteiger partial charge in [-0.2, -0.15) is 5.10 Å². The zero-order valence-corrected chi connectivity index (χ0v) is 18.1. The fourth-order valence-electron chi connectivity index (χ4n) is 4.42. The van der Waals surface area contributed by atoms with Crippen LogP contribution in [0.5, 0.6) is 0 Å². The molecule has 162 valence electrons. The van der Waals surface area contributed by atoms with Gasteiger partial charge < -0.3 is 10.2 Å². The van der Waals surface area contributed by atoms with Gasteiger partial charge >= 0.3 is 0 Å². The normalized spacial score (nSPS) is 13.7. The van der Waals surface area contributed by atoms with Crippen molar-refractivity contribution in [3.8, 4) is 11.3 Å². The minimum Gasteiger partial charge on any atom is -0.370 e. The lowest BCUT2D eigenvalue weighted by Gasteiger charge is -2.22. The van der Waals surface area contributed by atoms with Gasteiger partial charge in [0.15, 0.2) is 5.65 Å². The van der Waals surface area contributed by atoms with Crippen LogP contribution in [0.2, 0.25) is 0 Å². The van der Waals surface area contributed by atoms with Crippen molar-refractivity contribution in [3.05, 3.63) is 71.7 Å². The SMILES string of the molecule is Cc1nn(C)c2nc(-c3ccccc3)cc(C(=O)Nc3c(F)cccc3N3CCCC3)c12. The number of carbonyl (C=O) groups excluding carboxylic acids is 1. The number of halogens is 1. The van der Waals surface area contributed by atoms with Gasteiger partial charge in [-0.3, -0.25) is 9.48 Å². The fourth-order valence-corrected chi connectivity index (χ4v) is 4.42. The molecular formula is C25H24FN5O. The summed E-state index contributed by atoms with van der Waals surface area (Å²) in [5.41, 5.74) is 4.23. The molecule has 0 saturated carbocycles. The van der Waals surface area contributed by atoms with E-state index in [1.54, 1.807) is 23.9 Å². The third-order valence-corrected chi connectivity index (χ3v) is 5.96. The van der Waals surface area contributed by atoms with Crippen LogP contribution >= 0.6 is 0 Å². The molecule has 1 fully saturated rings. The molecule has 1 aliphatic heterocycles. The summed E-state index contributed by atoms with van der Waals surface area (Å²) >= 11 is 0. The van der Waals surface area contributed by atoms with Gasteiger partial charge in [-0.1, -0.05) is 36.4 Å². The van der Waals surface area contributed by atoms with Crippen molar-refractivity contribution in [1.82, 2.24) is 14.8 Å². The Morgan fingerprint density at radius 3 is 2.56 bits per heavy atom. The standard InChI is InChI=1S/C25H24FN5O/c1-16-22-18(15-20(17-9-4-3-5-10-17)27-24(22)30(2)29-16)25(32)28-23-19(26)11-8-12-21(23)31-13-6-7-14-31/h3-5,8-12,15H,6-7,13-14H2,1-2H3,(H,28,32). The second-order valence-corrected chi connectivity index (χ2v) is 8.11. The van der Waals surface area contributed by atoms with E-state index in [-0.39, 0.29) is 11.6 Å². The molecule has 1 amide bonds. The summed E-state index contributed by atoms with van der Waals surface area (Å²) in [6.45, 7) is 3.55. The number of carbonyl (C=O) groups is 1. The topological polar surface area (TPSA) is 63.1 Å². The molecule has 2 aromatic heterocycles. The molecule has 1 aliphatic rings. The number of amides is 1. The molecule has 0 bridgehead atoms. The number of hydrogen-bond acceptors (Lipinski definition) is 4. The number of anilines is 2. The molecule has 1 saturated heterocycles. The molecule has 7 heteroatoms. The van der Waals surface area contributed by atoms with Crippen LogP contribution in [0.1, 0.15) is 28.9 Å². The van der Waals surface area contributed by atoms with Crippen LogP contribution in [-0.4, -0.2) is 33.8 Å². The first kappa shape index (κ1) is 20.2. The number of para-hydroxylation sites is 1. The molecule has 3 heterocycles. The molecule has 0 radical (unpaired) electrons. The second kappa shape index (κ2) is 8.07. The highest BCUT2D eigenvalue weighted by Gasteiger charge is 2.23. The van der Waals surface area contributed by atoms with Gasteiger partial charge in [-0.15, -0.1) is 0 Å². The third kappa shape index (κ3) is 3.49. The van der Waals surface area contributed by atoms with Crippen molar-refractivity contribution in [3.63, 3.8) is 0 Å². The van der Waals surface area contributed by atoms with Crippen molar-refractivity contribution in [1.29, 1.82) is 0 Å². The quantitative estimate of drug-likeness (QED) is 0.499. The van der Waals surface area contributed by atoms with Crippen molar-refractivity contribution < 1.29 is 9.18 Å². The molecule has 0 spiro atoms. The Hall–Kier alpha value is -3.74. The van der Waals surface area contributed by atoms with E-state index in [4.69, 9.17) is 4.98 Å². The van der Waals surface area contributed by atoms with Crippen molar-refractivity contribution in [2.75, 3.05) is 23.3 Å². The van der Waals surface area contributed by atoms with Gasteiger partial charge in [0.1, 0.15) is 11.5 Å². The lowest BCUT2D eigenvalue weighted by molar-refractivity contribution is 0.102. The van der Waals surface area contributed by atoms with E-state index in [2.05, 4.69) is 15.3 Å². The predicted molar refractivity (Wildman–Crippen MR) is 124 cm³/mol. The summed E-state index contributed by atoms with van der Waals surface area (Å²) in [5.74, 6) is -0.824. The summed E-state index contributed by atoms with van der Waals surface area (Å²) in [7, 11) is 1.81. The molecule has 6 nitrogen and oxygen atoms in total. The zero-order chi connectivity index (χ0) is 22.2. The molecule has 0 atom stereocenters. The van der Waals surface area contributed by atoms with E-state index < -0.39 is 5.82 Å². The van der Waals surface area contributed by atoms with E-state index in [1.165, 1.54) is 6.07 Å². The van der Waals surface area contributed by atoms with Crippen LogP contribution < -0.4 is 10.2 Å². The molecule has 2 aromatic carbocycles. The fraction of sp³-hybridized carbons (Fsp3) is 0.240. The van der Waals surface area contributed by atoms with E-state index >= 15 is 0 Å². The largest absolute Gasteiger partial charge is 0.370 e. The van der Waals surface area contributed by atoms with Crippen LogP contribution in [-0.2, 0) is 7.05 Å². The lowest BCUT2D eigenvalue weighted by Crippen LogP contribution is -2.22. The van der Waals surface area contributed by atoms with Crippen molar-refractivity contribution in [2.45, 2.75) is 19.8 Å². The Bertz CT molecular complexity index is 1310. The average Bonchev–Trinajstić information content (AvgIpc) is 3.43. The Labute approximate surface area is 185 Å². The Balaban J connectivity index is 1.62. The van der Waals surface area contributed by atoms with E-state index in [1.807, 2.05) is 43.3 Å². The Morgan fingerprint density at radius 1 is 1.06 bits per heavy atom. The lowest BCUT2D eigenvalue weighted by atomic mass is 10.0. The van der Waals surface area contributed by atoms with Gasteiger partial charge in [0.25, 0.3) is 5.91 Å². The summed E-state index contributed by atoms with van der Waals surface area (Å²) in [6.07, 6.45) is 2.12. The van der Waals surface area contributed by atoms with Gasteiger partial charge in [0.2, 0.25) is 0 Å². The molecular weight excluding hydrogens is 405 g/mol. The maximum atomic E-state index is 14.9. The zero-order valence-electron chi connectivity index (χ0n) is 18.1. The second-order valence-electron chi connectivity index (χ2n) is 8.11. The summed E-state index contributed by atoms with van der Waals surface area (Å²) in [6, 6.07) is 16.4. The highest BCUT2D eigenvalue weighted by atomic mass is 19.1. The third-order valence-electron chi connectivity index (χ3n) is 5.96. The monoisotopic (exact) mass is 429 g/mol. The average molecular weight is 429 g/mol. The number of hydrogen-bond donors (Lipinski definition) is 1. The Morgan fingerprint density at radius 2 is 1.81 bits per heavy atom. The van der Waals surface area contributed by atoms with Gasteiger partial charge in [-0.05, 0) is 38.0 Å². The summed E-state index contributed by atoms with van der Waals surface area (Å²) < 4.78 is 16.5. The number of benzene rings is 2. The van der Waals surface area contributed by atoms with E-state index in [9.17, 15) is 9.18 Å². The molecule has 1 N–H and O–H groups in total. The predicted octanol–water partition coefficient (Wildman–Crippen LogP) is 4.94. The van der Waals surface area contributed by atoms with Gasteiger partial charge in [0.05, 0.1) is 28.0 Å². The Kier molecular flexibility index (Phi) is 5.09.